The summed E-state index contributed by atoms with van der Waals surface area (Å²) in [4.78, 5) is 19.8. The average molecular weight is 333 g/mol. The summed E-state index contributed by atoms with van der Waals surface area (Å²) < 4.78 is 3.92. The number of H-pyrrole nitrogens is 1. The predicted octanol–water partition coefficient (Wildman–Crippen LogP) is 2.96. The number of benzene rings is 1. The summed E-state index contributed by atoms with van der Waals surface area (Å²) in [5.41, 5.74) is 4.13. The van der Waals surface area contributed by atoms with Gasteiger partial charge in [0.05, 0.1) is 24.0 Å². The Kier molecular flexibility index (Phi) is 3.72. The minimum Gasteiger partial charge on any atom is -0.329 e. The summed E-state index contributed by atoms with van der Waals surface area (Å²) in [5.74, 6) is 0. The van der Waals surface area contributed by atoms with Gasteiger partial charge in [-0.15, -0.1) is 0 Å². The van der Waals surface area contributed by atoms with E-state index >= 15 is 0 Å². The molecule has 6 nitrogen and oxygen atoms in total. The van der Waals surface area contributed by atoms with Gasteiger partial charge in [0, 0.05) is 29.5 Å². The average Bonchev–Trinajstić information content (AvgIpc) is 3.19. The highest BCUT2D eigenvalue weighted by Crippen LogP contribution is 2.25. The second-order valence-corrected chi connectivity index (χ2v) is 6.07. The largest absolute Gasteiger partial charge is 0.329 e. The van der Waals surface area contributed by atoms with Crippen LogP contribution in [-0.2, 0) is 13.1 Å². The standard InChI is InChI=1S/C19H19N5O/c1-3-24-17-7-5-4-6-15(17)18(22-24)16-9-8-14(21-19(16)25)11-23-12-20-10-13(23)2/h4-10,12H,3,11H2,1-2H3,(H,21,25). The molecule has 4 aromatic rings. The summed E-state index contributed by atoms with van der Waals surface area (Å²) in [5, 5.41) is 5.63. The molecule has 0 aliphatic carbocycles. The van der Waals surface area contributed by atoms with E-state index in [9.17, 15) is 4.79 Å². The van der Waals surface area contributed by atoms with Crippen molar-refractivity contribution in [2.24, 2.45) is 0 Å². The monoisotopic (exact) mass is 333 g/mol. The molecule has 0 amide bonds. The van der Waals surface area contributed by atoms with Crippen molar-refractivity contribution in [2.75, 3.05) is 0 Å². The maximum atomic E-state index is 12.7. The number of imidazole rings is 1. The van der Waals surface area contributed by atoms with Crippen LogP contribution in [0.2, 0.25) is 0 Å². The summed E-state index contributed by atoms with van der Waals surface area (Å²) >= 11 is 0. The molecule has 0 bridgehead atoms. The third-order valence-electron chi connectivity index (χ3n) is 4.44. The van der Waals surface area contributed by atoms with Crippen LogP contribution in [0, 0.1) is 6.92 Å². The van der Waals surface area contributed by atoms with Crippen LogP contribution in [0.15, 0.2) is 53.7 Å². The zero-order valence-corrected chi connectivity index (χ0v) is 14.2. The number of fused-ring (bicyclic) bond motifs is 1. The molecule has 0 atom stereocenters. The Labute approximate surface area is 144 Å². The lowest BCUT2D eigenvalue weighted by Crippen LogP contribution is -2.14. The molecule has 0 spiro atoms. The van der Waals surface area contributed by atoms with Gasteiger partial charge in [0.15, 0.2) is 0 Å². The number of nitrogens with one attached hydrogen (secondary N) is 1. The molecule has 0 fully saturated rings. The topological polar surface area (TPSA) is 68.5 Å². The smallest absolute Gasteiger partial charge is 0.257 e. The van der Waals surface area contributed by atoms with Crippen molar-refractivity contribution in [3.63, 3.8) is 0 Å². The van der Waals surface area contributed by atoms with Crippen molar-refractivity contribution in [3.05, 3.63) is 70.7 Å². The Hall–Kier alpha value is -3.15. The van der Waals surface area contributed by atoms with Gasteiger partial charge in [0.1, 0.15) is 5.69 Å². The van der Waals surface area contributed by atoms with Crippen molar-refractivity contribution in [1.29, 1.82) is 0 Å². The predicted molar refractivity (Wildman–Crippen MR) is 97.5 cm³/mol. The fourth-order valence-electron chi connectivity index (χ4n) is 3.10. The highest BCUT2D eigenvalue weighted by Gasteiger charge is 2.14. The Morgan fingerprint density at radius 1 is 1.16 bits per heavy atom. The molecule has 0 saturated carbocycles. The third kappa shape index (κ3) is 2.65. The van der Waals surface area contributed by atoms with E-state index in [0.717, 1.165) is 34.5 Å². The van der Waals surface area contributed by atoms with Crippen molar-refractivity contribution < 1.29 is 0 Å². The summed E-state index contributed by atoms with van der Waals surface area (Å²) in [6, 6.07) is 11.8. The van der Waals surface area contributed by atoms with Gasteiger partial charge in [0.25, 0.3) is 5.56 Å². The van der Waals surface area contributed by atoms with E-state index < -0.39 is 0 Å². The molecule has 126 valence electrons. The number of hydrogen-bond donors (Lipinski definition) is 1. The van der Waals surface area contributed by atoms with Crippen LogP contribution in [0.1, 0.15) is 18.3 Å². The number of pyridine rings is 1. The quantitative estimate of drug-likeness (QED) is 0.624. The summed E-state index contributed by atoms with van der Waals surface area (Å²) in [7, 11) is 0. The van der Waals surface area contributed by atoms with Gasteiger partial charge in [-0.2, -0.15) is 5.10 Å². The first-order chi connectivity index (χ1) is 12.2. The van der Waals surface area contributed by atoms with Gasteiger partial charge >= 0.3 is 0 Å². The Morgan fingerprint density at radius 2 is 2.00 bits per heavy atom. The van der Waals surface area contributed by atoms with E-state index in [1.807, 2.05) is 59.5 Å². The Balaban J connectivity index is 1.77. The molecule has 3 heterocycles. The maximum absolute atomic E-state index is 12.7. The van der Waals surface area contributed by atoms with Gasteiger partial charge in [0.2, 0.25) is 0 Å². The van der Waals surface area contributed by atoms with Crippen LogP contribution >= 0.6 is 0 Å². The lowest BCUT2D eigenvalue weighted by molar-refractivity contribution is 0.686. The molecule has 0 aliphatic rings. The number of nitrogens with zero attached hydrogens (tertiary/aromatic N) is 4. The molecule has 0 aliphatic heterocycles. The number of aromatic nitrogens is 5. The second-order valence-electron chi connectivity index (χ2n) is 6.07. The van der Waals surface area contributed by atoms with Crippen LogP contribution in [0.3, 0.4) is 0 Å². The SMILES string of the molecule is CCn1nc(-c2ccc(Cn3cncc3C)[nH]c2=O)c2ccccc21. The number of aromatic amines is 1. The lowest BCUT2D eigenvalue weighted by Gasteiger charge is -2.06. The van der Waals surface area contributed by atoms with Crippen molar-refractivity contribution in [2.45, 2.75) is 26.9 Å². The molecule has 4 rings (SSSR count). The highest BCUT2D eigenvalue weighted by atomic mass is 16.1. The van der Waals surface area contributed by atoms with E-state index in [1.165, 1.54) is 0 Å². The first-order valence-corrected chi connectivity index (χ1v) is 8.32. The fourth-order valence-corrected chi connectivity index (χ4v) is 3.10. The van der Waals surface area contributed by atoms with Gasteiger partial charge < -0.3 is 9.55 Å². The molecule has 1 aromatic carbocycles. The van der Waals surface area contributed by atoms with Crippen molar-refractivity contribution >= 4 is 10.9 Å². The summed E-state index contributed by atoms with van der Waals surface area (Å²) in [6.45, 7) is 5.38. The summed E-state index contributed by atoms with van der Waals surface area (Å²) in [6.07, 6.45) is 3.56. The fraction of sp³-hybridized carbons (Fsp3) is 0.211. The highest BCUT2D eigenvalue weighted by molar-refractivity contribution is 5.93. The van der Waals surface area contributed by atoms with Crippen LogP contribution in [0.5, 0.6) is 0 Å². The molecule has 6 heteroatoms. The van der Waals surface area contributed by atoms with Crippen LogP contribution < -0.4 is 5.56 Å². The van der Waals surface area contributed by atoms with Gasteiger partial charge in [-0.05, 0) is 32.0 Å². The van der Waals surface area contributed by atoms with Crippen molar-refractivity contribution in [3.8, 4) is 11.3 Å². The van der Waals surface area contributed by atoms with Crippen LogP contribution in [0.25, 0.3) is 22.2 Å². The molecular weight excluding hydrogens is 314 g/mol. The lowest BCUT2D eigenvalue weighted by atomic mass is 10.1. The Morgan fingerprint density at radius 3 is 2.72 bits per heavy atom. The number of hydrogen-bond acceptors (Lipinski definition) is 3. The zero-order valence-electron chi connectivity index (χ0n) is 14.2. The zero-order chi connectivity index (χ0) is 17.4. The normalized spacial score (nSPS) is 11.3. The van der Waals surface area contributed by atoms with E-state index in [2.05, 4.69) is 15.1 Å². The van der Waals surface area contributed by atoms with Gasteiger partial charge in [-0.1, -0.05) is 18.2 Å². The third-order valence-corrected chi connectivity index (χ3v) is 4.44. The number of aryl methyl sites for hydroxylation is 2. The Bertz CT molecular complexity index is 1100. The van der Waals surface area contributed by atoms with E-state index in [0.29, 0.717) is 12.1 Å². The van der Waals surface area contributed by atoms with Crippen LogP contribution in [0.4, 0.5) is 0 Å². The first kappa shape index (κ1) is 15.4. The maximum Gasteiger partial charge on any atom is 0.257 e. The van der Waals surface area contributed by atoms with Crippen LogP contribution in [-0.4, -0.2) is 24.3 Å². The van der Waals surface area contributed by atoms with Crippen molar-refractivity contribution in [1.82, 2.24) is 24.3 Å². The molecule has 25 heavy (non-hydrogen) atoms. The molecular formula is C19H19N5O. The van der Waals surface area contributed by atoms with E-state index in [1.54, 1.807) is 12.5 Å². The molecule has 0 saturated heterocycles. The second kappa shape index (κ2) is 6.05. The number of rotatable bonds is 4. The molecule has 0 unspecified atom stereocenters. The molecule has 3 aromatic heterocycles. The number of para-hydroxylation sites is 1. The molecule has 0 radical (unpaired) electrons. The van der Waals surface area contributed by atoms with E-state index in [4.69, 9.17) is 0 Å². The van der Waals surface area contributed by atoms with Gasteiger partial charge in [-0.3, -0.25) is 9.48 Å². The van der Waals surface area contributed by atoms with E-state index in [-0.39, 0.29) is 5.56 Å². The first-order valence-electron chi connectivity index (χ1n) is 8.32. The minimum atomic E-state index is -0.123. The minimum absolute atomic E-state index is 0.123. The molecule has 1 N–H and O–H groups in total. The van der Waals surface area contributed by atoms with Gasteiger partial charge in [-0.25, -0.2) is 4.98 Å².